The summed E-state index contributed by atoms with van der Waals surface area (Å²) >= 11 is 0. The second-order valence-electron chi connectivity index (χ2n) is 6.78. The normalized spacial score (nSPS) is 16.3. The lowest BCUT2D eigenvalue weighted by Crippen LogP contribution is -2.27. The zero-order valence-corrected chi connectivity index (χ0v) is 15.8. The minimum atomic E-state index is -0.0466. The third-order valence-corrected chi connectivity index (χ3v) is 5.27. The fourth-order valence-corrected chi connectivity index (χ4v) is 3.81. The lowest BCUT2D eigenvalue weighted by atomic mass is 10.1. The van der Waals surface area contributed by atoms with Crippen molar-refractivity contribution in [1.29, 1.82) is 5.26 Å². The Labute approximate surface area is 162 Å². The highest BCUT2D eigenvalue weighted by Crippen LogP contribution is 2.33. The number of fused-ring (bicyclic) bond motifs is 1. The van der Waals surface area contributed by atoms with Crippen molar-refractivity contribution < 1.29 is 9.53 Å². The summed E-state index contributed by atoms with van der Waals surface area (Å²) in [4.78, 5) is 13.6. The molecule has 3 aromatic rings. The van der Waals surface area contributed by atoms with Crippen LogP contribution >= 0.6 is 0 Å². The van der Waals surface area contributed by atoms with Gasteiger partial charge in [-0.25, -0.2) is 4.52 Å². The van der Waals surface area contributed by atoms with E-state index in [1.54, 1.807) is 16.5 Å². The molecule has 0 aromatic carbocycles. The van der Waals surface area contributed by atoms with E-state index >= 15 is 0 Å². The molecule has 1 aliphatic heterocycles. The number of pyridine rings is 1. The predicted molar refractivity (Wildman–Crippen MR) is 103 cm³/mol. The first-order valence-corrected chi connectivity index (χ1v) is 8.98. The number of hydrogen-bond donors (Lipinski definition) is 0. The third kappa shape index (κ3) is 2.72. The van der Waals surface area contributed by atoms with Gasteiger partial charge in [-0.3, -0.25) is 9.48 Å². The van der Waals surface area contributed by atoms with Crippen LogP contribution in [0.4, 0.5) is 0 Å². The number of carbonyl (C=O) groups is 1. The fourth-order valence-electron chi connectivity index (χ4n) is 3.81. The van der Waals surface area contributed by atoms with Crippen LogP contribution < -0.4 is 4.74 Å². The smallest absolute Gasteiger partial charge is 0.246 e. The SMILES string of the molecule is C=CC(=O)N1CC[C@H](n2ncc(-c3cc(OC)c4c(C#N)cnn4c3)c2C)C1. The molecule has 1 aliphatic rings. The van der Waals surface area contributed by atoms with Gasteiger partial charge in [0.2, 0.25) is 5.91 Å². The average Bonchev–Trinajstić information content (AvgIpc) is 3.44. The molecule has 0 unspecified atom stereocenters. The summed E-state index contributed by atoms with van der Waals surface area (Å²) in [6.45, 7) is 6.90. The molecule has 4 rings (SSSR count). The number of likely N-dealkylation sites (tertiary alicyclic amines) is 1. The molecule has 0 saturated carbocycles. The summed E-state index contributed by atoms with van der Waals surface area (Å²) in [5.74, 6) is 0.539. The monoisotopic (exact) mass is 376 g/mol. The molecule has 0 spiro atoms. The van der Waals surface area contributed by atoms with E-state index in [9.17, 15) is 10.1 Å². The Balaban J connectivity index is 1.71. The van der Waals surface area contributed by atoms with Crippen LogP contribution in [0.15, 0.2) is 37.3 Å². The zero-order valence-electron chi connectivity index (χ0n) is 15.8. The molecule has 8 nitrogen and oxygen atoms in total. The van der Waals surface area contributed by atoms with Crippen LogP contribution in [-0.4, -0.2) is 50.4 Å². The van der Waals surface area contributed by atoms with Crippen LogP contribution in [0.3, 0.4) is 0 Å². The molecule has 0 aliphatic carbocycles. The van der Waals surface area contributed by atoms with Crippen molar-refractivity contribution in [3.8, 4) is 22.9 Å². The standard InChI is InChI=1S/C20H20N6O2/c1-4-19(27)24-6-5-16(12-24)26-13(2)17(10-23-26)14-7-18(28-3)20-15(8-21)9-22-25(20)11-14/h4,7,9-11,16H,1,5-6,12H2,2-3H3/t16-/m0/s1. The number of hydrogen-bond acceptors (Lipinski definition) is 5. The number of rotatable bonds is 4. The van der Waals surface area contributed by atoms with Gasteiger partial charge in [0, 0.05) is 36.1 Å². The Kier molecular flexibility index (Phi) is 4.35. The third-order valence-electron chi connectivity index (χ3n) is 5.27. The van der Waals surface area contributed by atoms with E-state index in [-0.39, 0.29) is 11.9 Å². The fraction of sp³-hybridized carbons (Fsp3) is 0.300. The van der Waals surface area contributed by atoms with Crippen LogP contribution in [0.25, 0.3) is 16.6 Å². The molecule has 8 heteroatoms. The van der Waals surface area contributed by atoms with Gasteiger partial charge in [-0.1, -0.05) is 6.58 Å². The first kappa shape index (κ1) is 17.8. The van der Waals surface area contributed by atoms with Crippen molar-refractivity contribution >= 4 is 11.4 Å². The highest BCUT2D eigenvalue weighted by Gasteiger charge is 2.28. The highest BCUT2D eigenvalue weighted by atomic mass is 16.5. The lowest BCUT2D eigenvalue weighted by molar-refractivity contribution is -0.125. The van der Waals surface area contributed by atoms with E-state index in [2.05, 4.69) is 22.8 Å². The average molecular weight is 376 g/mol. The Bertz CT molecular complexity index is 1120. The molecule has 3 aromatic heterocycles. The predicted octanol–water partition coefficient (Wildman–Crippen LogP) is 2.35. The van der Waals surface area contributed by atoms with Crippen molar-refractivity contribution in [2.75, 3.05) is 20.2 Å². The molecular formula is C20H20N6O2. The van der Waals surface area contributed by atoms with Crippen LogP contribution in [-0.2, 0) is 4.79 Å². The van der Waals surface area contributed by atoms with Gasteiger partial charge in [-0.15, -0.1) is 0 Å². The summed E-state index contributed by atoms with van der Waals surface area (Å²) in [7, 11) is 1.58. The van der Waals surface area contributed by atoms with Crippen molar-refractivity contribution in [1.82, 2.24) is 24.3 Å². The van der Waals surface area contributed by atoms with Crippen LogP contribution in [0.1, 0.15) is 23.7 Å². The molecule has 0 N–H and O–H groups in total. The summed E-state index contributed by atoms with van der Waals surface area (Å²) < 4.78 is 9.13. The van der Waals surface area contributed by atoms with E-state index < -0.39 is 0 Å². The van der Waals surface area contributed by atoms with Gasteiger partial charge in [0.05, 0.1) is 25.5 Å². The molecular weight excluding hydrogens is 356 g/mol. The van der Waals surface area contributed by atoms with Crippen molar-refractivity contribution in [3.63, 3.8) is 0 Å². The molecule has 28 heavy (non-hydrogen) atoms. The number of carbonyl (C=O) groups excluding carboxylic acids is 1. The molecule has 1 atom stereocenters. The Morgan fingerprint density at radius 2 is 2.25 bits per heavy atom. The van der Waals surface area contributed by atoms with E-state index in [4.69, 9.17) is 4.74 Å². The summed E-state index contributed by atoms with van der Waals surface area (Å²) in [6.07, 6.45) is 7.43. The molecule has 142 valence electrons. The van der Waals surface area contributed by atoms with E-state index in [1.807, 2.05) is 30.1 Å². The zero-order chi connectivity index (χ0) is 19.8. The minimum absolute atomic E-state index is 0.0466. The number of nitriles is 1. The Morgan fingerprint density at radius 3 is 2.96 bits per heavy atom. The number of amides is 1. The van der Waals surface area contributed by atoms with Gasteiger partial charge in [0.15, 0.2) is 0 Å². The summed E-state index contributed by atoms with van der Waals surface area (Å²) in [5, 5.41) is 18.1. The van der Waals surface area contributed by atoms with Gasteiger partial charge < -0.3 is 9.64 Å². The van der Waals surface area contributed by atoms with Gasteiger partial charge in [-0.05, 0) is 25.5 Å². The van der Waals surface area contributed by atoms with Crippen LogP contribution in [0, 0.1) is 18.3 Å². The van der Waals surface area contributed by atoms with Crippen molar-refractivity contribution in [2.45, 2.75) is 19.4 Å². The van der Waals surface area contributed by atoms with Crippen LogP contribution in [0.2, 0.25) is 0 Å². The maximum Gasteiger partial charge on any atom is 0.246 e. The maximum absolute atomic E-state index is 11.9. The lowest BCUT2D eigenvalue weighted by Gasteiger charge is -2.16. The van der Waals surface area contributed by atoms with Gasteiger partial charge in [0.25, 0.3) is 0 Å². The van der Waals surface area contributed by atoms with Crippen molar-refractivity contribution in [2.24, 2.45) is 0 Å². The van der Waals surface area contributed by atoms with Crippen LogP contribution in [0.5, 0.6) is 5.75 Å². The Morgan fingerprint density at radius 1 is 1.43 bits per heavy atom. The largest absolute Gasteiger partial charge is 0.494 e. The Hall–Kier alpha value is -3.60. The number of ether oxygens (including phenoxy) is 1. The quantitative estimate of drug-likeness (QED) is 0.652. The van der Waals surface area contributed by atoms with E-state index in [0.29, 0.717) is 29.9 Å². The molecule has 0 bridgehead atoms. The van der Waals surface area contributed by atoms with Gasteiger partial charge >= 0.3 is 0 Å². The molecule has 0 radical (unpaired) electrons. The second-order valence-corrected chi connectivity index (χ2v) is 6.78. The highest BCUT2D eigenvalue weighted by molar-refractivity contribution is 5.87. The first-order valence-electron chi connectivity index (χ1n) is 8.98. The van der Waals surface area contributed by atoms with Gasteiger partial charge in [-0.2, -0.15) is 15.5 Å². The minimum Gasteiger partial charge on any atom is -0.494 e. The second kappa shape index (κ2) is 6.85. The molecule has 4 heterocycles. The van der Waals surface area contributed by atoms with Gasteiger partial charge in [0.1, 0.15) is 22.9 Å². The number of methoxy groups -OCH3 is 1. The summed E-state index contributed by atoms with van der Waals surface area (Å²) in [6, 6.07) is 4.17. The molecule has 1 fully saturated rings. The van der Waals surface area contributed by atoms with Crippen molar-refractivity contribution in [3.05, 3.63) is 48.6 Å². The first-order chi connectivity index (χ1) is 13.6. The molecule has 1 saturated heterocycles. The van der Waals surface area contributed by atoms with E-state index in [0.717, 1.165) is 23.2 Å². The topological polar surface area (TPSA) is 88.5 Å². The number of nitrogens with zero attached hydrogens (tertiary/aromatic N) is 6. The maximum atomic E-state index is 11.9. The molecule has 1 amide bonds. The number of aromatic nitrogens is 4. The van der Waals surface area contributed by atoms with E-state index in [1.165, 1.54) is 12.3 Å². The summed E-state index contributed by atoms with van der Waals surface area (Å²) in [5.41, 5.74) is 3.98.